The molecule has 6 heteroatoms. The molecule has 0 N–H and O–H groups in total. The Kier molecular flexibility index (Phi) is 6.16. The van der Waals surface area contributed by atoms with Crippen LogP contribution in [0.3, 0.4) is 0 Å². The molecular formula is C25H25FN2O3. The van der Waals surface area contributed by atoms with Crippen LogP contribution in [0.4, 0.5) is 4.39 Å². The van der Waals surface area contributed by atoms with Crippen molar-refractivity contribution in [2.24, 2.45) is 0 Å². The molecule has 1 saturated heterocycles. The molecule has 1 aliphatic rings. The molecule has 0 saturated carbocycles. The molecule has 3 aromatic rings. The van der Waals surface area contributed by atoms with Crippen molar-refractivity contribution in [1.29, 1.82) is 0 Å². The standard InChI is InChI=1S/C25H25FN2O3/c1-17-15-24(30-2)23(16-27-17)18-11-13-28(14-12-18)25(29)19-3-7-21(8-4-19)31-22-9-5-20(26)6-10-22/h3-10,15-16,18H,11-14H2,1-2H3. The second kappa shape index (κ2) is 9.16. The zero-order valence-electron chi connectivity index (χ0n) is 17.7. The van der Waals surface area contributed by atoms with Gasteiger partial charge in [-0.05, 0) is 74.2 Å². The number of amides is 1. The molecule has 1 fully saturated rings. The van der Waals surface area contributed by atoms with Crippen LogP contribution in [0.1, 0.15) is 40.4 Å². The lowest BCUT2D eigenvalue weighted by atomic mass is 9.89. The van der Waals surface area contributed by atoms with Gasteiger partial charge >= 0.3 is 0 Å². The highest BCUT2D eigenvalue weighted by atomic mass is 19.1. The number of aromatic nitrogens is 1. The Hall–Kier alpha value is -3.41. The quantitative estimate of drug-likeness (QED) is 0.558. The van der Waals surface area contributed by atoms with Gasteiger partial charge in [-0.25, -0.2) is 4.39 Å². The molecule has 2 heterocycles. The lowest BCUT2D eigenvalue weighted by Crippen LogP contribution is -2.38. The van der Waals surface area contributed by atoms with Crippen molar-refractivity contribution in [3.8, 4) is 17.2 Å². The number of hydrogen-bond acceptors (Lipinski definition) is 4. The molecule has 0 bridgehead atoms. The molecule has 0 aliphatic carbocycles. The molecule has 2 aromatic carbocycles. The number of methoxy groups -OCH3 is 1. The minimum absolute atomic E-state index is 0.0146. The first-order valence-electron chi connectivity index (χ1n) is 10.4. The van der Waals surface area contributed by atoms with Gasteiger partial charge < -0.3 is 14.4 Å². The number of benzene rings is 2. The van der Waals surface area contributed by atoms with Gasteiger partial charge in [-0.2, -0.15) is 0 Å². The van der Waals surface area contributed by atoms with E-state index in [4.69, 9.17) is 9.47 Å². The van der Waals surface area contributed by atoms with Crippen LogP contribution in [-0.4, -0.2) is 36.0 Å². The summed E-state index contributed by atoms with van der Waals surface area (Å²) in [5.74, 6) is 2.05. The van der Waals surface area contributed by atoms with Gasteiger partial charge in [-0.15, -0.1) is 0 Å². The Morgan fingerprint density at radius 1 is 1.03 bits per heavy atom. The first-order chi connectivity index (χ1) is 15.0. The van der Waals surface area contributed by atoms with E-state index >= 15 is 0 Å². The van der Waals surface area contributed by atoms with E-state index in [0.29, 0.717) is 36.1 Å². The van der Waals surface area contributed by atoms with Crippen molar-refractivity contribution in [3.63, 3.8) is 0 Å². The number of nitrogens with zero attached hydrogens (tertiary/aromatic N) is 2. The number of pyridine rings is 1. The van der Waals surface area contributed by atoms with Crippen molar-refractivity contribution in [2.75, 3.05) is 20.2 Å². The van der Waals surface area contributed by atoms with Gasteiger partial charge in [0.25, 0.3) is 5.91 Å². The summed E-state index contributed by atoms with van der Waals surface area (Å²) >= 11 is 0. The number of piperidine rings is 1. The predicted octanol–water partition coefficient (Wildman–Crippen LogP) is 5.35. The zero-order valence-corrected chi connectivity index (χ0v) is 17.7. The normalized spacial score (nSPS) is 14.4. The van der Waals surface area contributed by atoms with Crippen molar-refractivity contribution in [2.45, 2.75) is 25.7 Å². The molecule has 31 heavy (non-hydrogen) atoms. The van der Waals surface area contributed by atoms with Crippen LogP contribution in [0.15, 0.2) is 60.8 Å². The number of likely N-dealkylation sites (tertiary alicyclic amines) is 1. The number of carbonyl (C=O) groups is 1. The third kappa shape index (κ3) is 4.85. The van der Waals surface area contributed by atoms with Crippen molar-refractivity contribution in [1.82, 2.24) is 9.88 Å². The van der Waals surface area contributed by atoms with E-state index in [9.17, 15) is 9.18 Å². The van der Waals surface area contributed by atoms with Gasteiger partial charge in [0.05, 0.1) is 7.11 Å². The molecule has 0 radical (unpaired) electrons. The van der Waals surface area contributed by atoms with E-state index in [1.807, 2.05) is 24.1 Å². The smallest absolute Gasteiger partial charge is 0.253 e. The lowest BCUT2D eigenvalue weighted by Gasteiger charge is -2.32. The maximum atomic E-state index is 13.0. The van der Waals surface area contributed by atoms with Gasteiger partial charge in [0.15, 0.2) is 0 Å². The fourth-order valence-corrected chi connectivity index (χ4v) is 3.91. The summed E-state index contributed by atoms with van der Waals surface area (Å²) in [4.78, 5) is 19.2. The Balaban J connectivity index is 1.37. The van der Waals surface area contributed by atoms with Crippen LogP contribution in [0.25, 0.3) is 0 Å². The average molecular weight is 420 g/mol. The van der Waals surface area contributed by atoms with E-state index in [2.05, 4.69) is 4.98 Å². The Morgan fingerprint density at radius 3 is 2.26 bits per heavy atom. The molecule has 0 unspecified atom stereocenters. The van der Waals surface area contributed by atoms with E-state index in [1.54, 1.807) is 43.5 Å². The van der Waals surface area contributed by atoms with Crippen LogP contribution < -0.4 is 9.47 Å². The molecule has 0 spiro atoms. The molecular weight excluding hydrogens is 395 g/mol. The second-order valence-electron chi connectivity index (χ2n) is 7.71. The second-order valence-corrected chi connectivity index (χ2v) is 7.71. The number of aryl methyl sites for hydroxylation is 1. The third-order valence-corrected chi connectivity index (χ3v) is 5.62. The highest BCUT2D eigenvalue weighted by molar-refractivity contribution is 5.94. The van der Waals surface area contributed by atoms with E-state index in [1.165, 1.54) is 12.1 Å². The van der Waals surface area contributed by atoms with E-state index in [0.717, 1.165) is 29.8 Å². The first kappa shape index (κ1) is 20.8. The van der Waals surface area contributed by atoms with Crippen LogP contribution in [0, 0.1) is 12.7 Å². The monoisotopic (exact) mass is 420 g/mol. The largest absolute Gasteiger partial charge is 0.496 e. The molecule has 1 aromatic heterocycles. The summed E-state index contributed by atoms with van der Waals surface area (Å²) in [6.45, 7) is 3.33. The van der Waals surface area contributed by atoms with Crippen LogP contribution in [-0.2, 0) is 0 Å². The lowest BCUT2D eigenvalue weighted by molar-refractivity contribution is 0.0712. The summed E-state index contributed by atoms with van der Waals surface area (Å²) in [7, 11) is 1.68. The Morgan fingerprint density at radius 2 is 1.65 bits per heavy atom. The van der Waals surface area contributed by atoms with Crippen molar-refractivity contribution < 1.29 is 18.7 Å². The molecule has 4 rings (SSSR count). The molecule has 1 amide bonds. The fourth-order valence-electron chi connectivity index (χ4n) is 3.91. The maximum Gasteiger partial charge on any atom is 0.253 e. The summed E-state index contributed by atoms with van der Waals surface area (Å²) in [6.07, 6.45) is 3.65. The Labute approximate surface area is 181 Å². The maximum absolute atomic E-state index is 13.0. The molecule has 5 nitrogen and oxygen atoms in total. The number of rotatable bonds is 5. The highest BCUT2D eigenvalue weighted by Gasteiger charge is 2.26. The summed E-state index contributed by atoms with van der Waals surface area (Å²) in [5, 5.41) is 0. The van der Waals surface area contributed by atoms with Gasteiger partial charge in [-0.1, -0.05) is 0 Å². The van der Waals surface area contributed by atoms with Crippen LogP contribution >= 0.6 is 0 Å². The minimum atomic E-state index is -0.311. The highest BCUT2D eigenvalue weighted by Crippen LogP contribution is 2.34. The van der Waals surface area contributed by atoms with Gasteiger partial charge in [0.1, 0.15) is 23.1 Å². The van der Waals surface area contributed by atoms with Gasteiger partial charge in [-0.3, -0.25) is 9.78 Å². The number of halogens is 1. The average Bonchev–Trinajstić information content (AvgIpc) is 2.80. The number of hydrogen-bond donors (Lipinski definition) is 0. The van der Waals surface area contributed by atoms with Crippen LogP contribution in [0.5, 0.6) is 17.2 Å². The van der Waals surface area contributed by atoms with Crippen LogP contribution in [0.2, 0.25) is 0 Å². The van der Waals surface area contributed by atoms with E-state index in [-0.39, 0.29) is 11.7 Å². The Bertz CT molecular complexity index is 1040. The predicted molar refractivity (Wildman–Crippen MR) is 116 cm³/mol. The zero-order chi connectivity index (χ0) is 21.8. The van der Waals surface area contributed by atoms with Gasteiger partial charge in [0, 0.05) is 42.2 Å². The van der Waals surface area contributed by atoms with Crippen molar-refractivity contribution in [3.05, 3.63) is 83.4 Å². The third-order valence-electron chi connectivity index (χ3n) is 5.62. The SMILES string of the molecule is COc1cc(C)ncc1C1CCN(C(=O)c2ccc(Oc3ccc(F)cc3)cc2)CC1. The topological polar surface area (TPSA) is 51.7 Å². The fraction of sp³-hybridized carbons (Fsp3) is 0.280. The van der Waals surface area contributed by atoms with Crippen molar-refractivity contribution >= 4 is 5.91 Å². The summed E-state index contributed by atoms with van der Waals surface area (Å²) in [5.41, 5.74) is 2.67. The summed E-state index contributed by atoms with van der Waals surface area (Å²) in [6, 6.07) is 14.8. The summed E-state index contributed by atoms with van der Waals surface area (Å²) < 4.78 is 24.2. The molecule has 160 valence electrons. The minimum Gasteiger partial charge on any atom is -0.496 e. The van der Waals surface area contributed by atoms with E-state index < -0.39 is 0 Å². The molecule has 1 aliphatic heterocycles. The number of carbonyl (C=O) groups excluding carboxylic acids is 1. The molecule has 0 atom stereocenters. The first-order valence-corrected chi connectivity index (χ1v) is 10.4. The number of ether oxygens (including phenoxy) is 2. The van der Waals surface area contributed by atoms with Gasteiger partial charge in [0.2, 0.25) is 0 Å².